The standard InChI is InChI=1S/C20H24N4OS2/c1-4-20(3)9-14-15(12-25-20)27-18-16(14)17(23-19(24-18)26-5-2)22-11-13-7-6-8-21-10-13/h6-8,10H,4-5,9,11-12H2,1-3H3,(H,22,23,24)/t20-/m0/s1. The van der Waals surface area contributed by atoms with Gasteiger partial charge < -0.3 is 10.1 Å². The second-order valence-electron chi connectivity index (χ2n) is 6.96. The number of fused-ring (bicyclic) bond motifs is 3. The minimum atomic E-state index is -0.113. The summed E-state index contributed by atoms with van der Waals surface area (Å²) < 4.78 is 6.15. The summed E-state index contributed by atoms with van der Waals surface area (Å²) in [6.07, 6.45) is 5.58. The molecule has 27 heavy (non-hydrogen) atoms. The number of thiophene rings is 1. The zero-order valence-corrected chi connectivity index (χ0v) is 17.5. The number of hydrogen-bond acceptors (Lipinski definition) is 7. The van der Waals surface area contributed by atoms with Crippen molar-refractivity contribution in [1.29, 1.82) is 0 Å². The van der Waals surface area contributed by atoms with Crippen molar-refractivity contribution in [3.8, 4) is 0 Å². The van der Waals surface area contributed by atoms with Gasteiger partial charge in [-0.25, -0.2) is 9.97 Å². The molecule has 142 valence electrons. The number of nitrogens with zero attached hydrogens (tertiary/aromatic N) is 3. The third-order valence-electron chi connectivity index (χ3n) is 5.02. The van der Waals surface area contributed by atoms with Crippen molar-refractivity contribution in [2.75, 3.05) is 11.1 Å². The van der Waals surface area contributed by atoms with Crippen LogP contribution in [-0.2, 0) is 24.3 Å². The number of nitrogens with one attached hydrogen (secondary N) is 1. The first kappa shape index (κ1) is 18.7. The molecular weight excluding hydrogens is 376 g/mol. The maximum absolute atomic E-state index is 6.15. The van der Waals surface area contributed by atoms with E-state index in [0.717, 1.165) is 40.0 Å². The number of hydrogen-bond donors (Lipinski definition) is 1. The van der Waals surface area contributed by atoms with Crippen molar-refractivity contribution in [3.63, 3.8) is 0 Å². The fourth-order valence-electron chi connectivity index (χ4n) is 3.29. The molecule has 0 unspecified atom stereocenters. The highest BCUT2D eigenvalue weighted by atomic mass is 32.2. The van der Waals surface area contributed by atoms with E-state index >= 15 is 0 Å². The summed E-state index contributed by atoms with van der Waals surface area (Å²) in [5, 5.41) is 5.54. The Balaban J connectivity index is 1.76. The molecule has 0 aromatic carbocycles. The molecule has 1 N–H and O–H groups in total. The molecule has 1 aliphatic rings. The quantitative estimate of drug-likeness (QED) is 0.461. The molecule has 0 bridgehead atoms. The van der Waals surface area contributed by atoms with Crippen molar-refractivity contribution in [1.82, 2.24) is 15.0 Å². The smallest absolute Gasteiger partial charge is 0.190 e. The third-order valence-corrected chi connectivity index (χ3v) is 6.85. The van der Waals surface area contributed by atoms with Gasteiger partial charge in [0.2, 0.25) is 0 Å². The topological polar surface area (TPSA) is 59.9 Å². The van der Waals surface area contributed by atoms with Crippen LogP contribution in [0.25, 0.3) is 10.2 Å². The van der Waals surface area contributed by atoms with Crippen molar-refractivity contribution >= 4 is 39.1 Å². The van der Waals surface area contributed by atoms with Crippen molar-refractivity contribution in [2.45, 2.75) is 57.5 Å². The lowest BCUT2D eigenvalue weighted by Gasteiger charge is -2.33. The van der Waals surface area contributed by atoms with Crippen LogP contribution in [0.1, 0.15) is 43.2 Å². The van der Waals surface area contributed by atoms with Gasteiger partial charge in [0, 0.05) is 30.2 Å². The summed E-state index contributed by atoms with van der Waals surface area (Å²) in [6, 6.07) is 4.03. The van der Waals surface area contributed by atoms with E-state index in [0.29, 0.717) is 13.2 Å². The monoisotopic (exact) mass is 400 g/mol. The van der Waals surface area contributed by atoms with Crippen molar-refractivity contribution in [3.05, 3.63) is 40.5 Å². The fraction of sp³-hybridized carbons (Fsp3) is 0.450. The molecule has 1 aliphatic heterocycles. The molecule has 3 aromatic heterocycles. The predicted molar refractivity (Wildman–Crippen MR) is 113 cm³/mol. The van der Waals surface area contributed by atoms with Gasteiger partial charge >= 0.3 is 0 Å². The molecule has 0 fully saturated rings. The average molecular weight is 401 g/mol. The van der Waals surface area contributed by atoms with Crippen LogP contribution in [0.5, 0.6) is 0 Å². The molecule has 1 atom stereocenters. The molecule has 4 heterocycles. The maximum Gasteiger partial charge on any atom is 0.190 e. The zero-order chi connectivity index (χ0) is 18.9. The highest BCUT2D eigenvalue weighted by molar-refractivity contribution is 7.99. The summed E-state index contributed by atoms with van der Waals surface area (Å²) >= 11 is 3.42. The van der Waals surface area contributed by atoms with E-state index in [-0.39, 0.29) is 5.60 Å². The Hall–Kier alpha value is -1.70. The first-order chi connectivity index (χ1) is 13.1. The highest BCUT2D eigenvalue weighted by Crippen LogP contribution is 2.42. The Morgan fingerprint density at radius 3 is 2.96 bits per heavy atom. The van der Waals surface area contributed by atoms with E-state index < -0.39 is 0 Å². The molecule has 0 aliphatic carbocycles. The molecule has 3 aromatic rings. The van der Waals surface area contributed by atoms with Gasteiger partial charge in [-0.1, -0.05) is 31.7 Å². The molecule has 4 rings (SSSR count). The summed E-state index contributed by atoms with van der Waals surface area (Å²) in [6.45, 7) is 7.88. The van der Waals surface area contributed by atoms with E-state index in [1.54, 1.807) is 29.3 Å². The van der Waals surface area contributed by atoms with Gasteiger partial charge in [-0.05, 0) is 36.3 Å². The Labute approximate surface area is 168 Å². The normalized spacial score (nSPS) is 19.2. The van der Waals surface area contributed by atoms with Crippen molar-refractivity contribution < 1.29 is 4.74 Å². The molecule has 0 amide bonds. The van der Waals surface area contributed by atoms with E-state index in [2.05, 4.69) is 37.1 Å². The van der Waals surface area contributed by atoms with Crippen LogP contribution in [-0.4, -0.2) is 26.3 Å². The minimum absolute atomic E-state index is 0.113. The van der Waals surface area contributed by atoms with Gasteiger partial charge in [0.1, 0.15) is 10.6 Å². The predicted octanol–water partition coefficient (Wildman–Crippen LogP) is 5.05. The Kier molecular flexibility index (Phi) is 5.34. The number of anilines is 1. The van der Waals surface area contributed by atoms with E-state index in [1.165, 1.54) is 15.8 Å². The largest absolute Gasteiger partial charge is 0.369 e. The van der Waals surface area contributed by atoms with Crippen LogP contribution in [0.2, 0.25) is 0 Å². The average Bonchev–Trinajstić information content (AvgIpc) is 3.04. The Morgan fingerprint density at radius 1 is 1.33 bits per heavy atom. The van der Waals surface area contributed by atoms with Gasteiger partial charge in [0.25, 0.3) is 0 Å². The maximum atomic E-state index is 6.15. The molecule has 5 nitrogen and oxygen atoms in total. The number of pyridine rings is 1. The first-order valence-corrected chi connectivity index (χ1v) is 11.1. The van der Waals surface area contributed by atoms with Gasteiger partial charge in [0.15, 0.2) is 5.16 Å². The van der Waals surface area contributed by atoms with Crippen molar-refractivity contribution in [2.24, 2.45) is 0 Å². The SMILES string of the molecule is CCSc1nc(NCc2cccnc2)c2c3c(sc2n1)CO[C@@](C)(CC)C3. The summed E-state index contributed by atoms with van der Waals surface area (Å²) in [4.78, 5) is 16.2. The number of rotatable bonds is 6. The Morgan fingerprint density at radius 2 is 2.22 bits per heavy atom. The fourth-order valence-corrected chi connectivity index (χ4v) is 5.02. The minimum Gasteiger partial charge on any atom is -0.369 e. The number of ether oxygens (including phenoxy) is 1. The molecule has 0 radical (unpaired) electrons. The number of thioether (sulfide) groups is 1. The van der Waals surface area contributed by atoms with Gasteiger partial charge in [-0.15, -0.1) is 11.3 Å². The van der Waals surface area contributed by atoms with Crippen LogP contribution in [0.4, 0.5) is 5.82 Å². The van der Waals surface area contributed by atoms with Crippen LogP contribution >= 0.6 is 23.1 Å². The lowest BCUT2D eigenvalue weighted by Crippen LogP contribution is -2.33. The molecule has 0 saturated heterocycles. The second kappa shape index (κ2) is 7.73. The lowest BCUT2D eigenvalue weighted by atomic mass is 9.90. The Bertz CT molecular complexity index is 944. The summed E-state index contributed by atoms with van der Waals surface area (Å²) in [7, 11) is 0. The molecular formula is C20H24N4OS2. The highest BCUT2D eigenvalue weighted by Gasteiger charge is 2.33. The second-order valence-corrected chi connectivity index (χ2v) is 9.27. The summed E-state index contributed by atoms with van der Waals surface area (Å²) in [5.41, 5.74) is 2.38. The van der Waals surface area contributed by atoms with Crippen LogP contribution < -0.4 is 5.32 Å². The van der Waals surface area contributed by atoms with Gasteiger partial charge in [-0.3, -0.25) is 4.98 Å². The summed E-state index contributed by atoms with van der Waals surface area (Å²) in [5.74, 6) is 1.88. The molecule has 0 spiro atoms. The van der Waals surface area contributed by atoms with E-state index in [1.807, 2.05) is 12.3 Å². The lowest BCUT2D eigenvalue weighted by molar-refractivity contribution is -0.0542. The zero-order valence-electron chi connectivity index (χ0n) is 15.9. The molecule has 7 heteroatoms. The number of aromatic nitrogens is 3. The van der Waals surface area contributed by atoms with E-state index in [4.69, 9.17) is 14.7 Å². The van der Waals surface area contributed by atoms with Gasteiger partial charge in [-0.2, -0.15) is 0 Å². The molecule has 0 saturated carbocycles. The van der Waals surface area contributed by atoms with Crippen LogP contribution in [0, 0.1) is 0 Å². The van der Waals surface area contributed by atoms with Crippen LogP contribution in [0.3, 0.4) is 0 Å². The van der Waals surface area contributed by atoms with Crippen LogP contribution in [0.15, 0.2) is 29.7 Å². The van der Waals surface area contributed by atoms with Gasteiger partial charge in [0.05, 0.1) is 17.6 Å². The third kappa shape index (κ3) is 3.81. The first-order valence-electron chi connectivity index (χ1n) is 9.33. The van der Waals surface area contributed by atoms with E-state index in [9.17, 15) is 0 Å².